The number of hydrogen-bond acceptors (Lipinski definition) is 3. The second-order valence-electron chi connectivity index (χ2n) is 5.27. The number of fused-ring (bicyclic) bond motifs is 1. The van der Waals surface area contributed by atoms with Gasteiger partial charge in [-0.15, -0.1) is 0 Å². The van der Waals surface area contributed by atoms with Crippen molar-refractivity contribution in [3.05, 3.63) is 65.7 Å². The van der Waals surface area contributed by atoms with Gasteiger partial charge in [-0.3, -0.25) is 4.98 Å². The van der Waals surface area contributed by atoms with Gasteiger partial charge in [0.15, 0.2) is 0 Å². The summed E-state index contributed by atoms with van der Waals surface area (Å²) < 4.78 is 5.69. The third-order valence-electron chi connectivity index (χ3n) is 3.83. The molecule has 1 atom stereocenters. The molecule has 3 rings (SSSR count). The number of nitrogens with one attached hydrogen (secondary N) is 1. The minimum Gasteiger partial charge on any atom is -0.467 e. The standard InChI is InChI=1S/C18H20N2O/c1-3-19-17(18-13(2)9-11-21-18)12-14-8-10-20-16-7-5-4-6-15(14)16/h4-11,17,19H,3,12H2,1-2H3. The predicted octanol–water partition coefficient (Wildman–Crippen LogP) is 4.03. The molecule has 21 heavy (non-hydrogen) atoms. The molecule has 3 aromatic rings. The first kappa shape index (κ1) is 13.8. The Morgan fingerprint density at radius 3 is 2.81 bits per heavy atom. The maximum absolute atomic E-state index is 5.69. The molecule has 1 aromatic carbocycles. The van der Waals surface area contributed by atoms with Gasteiger partial charge in [0.2, 0.25) is 0 Å². The van der Waals surface area contributed by atoms with Gasteiger partial charge in [-0.05, 0) is 49.2 Å². The Bertz CT molecular complexity index is 727. The summed E-state index contributed by atoms with van der Waals surface area (Å²) in [7, 11) is 0. The summed E-state index contributed by atoms with van der Waals surface area (Å²) in [6.07, 6.45) is 4.54. The van der Waals surface area contributed by atoms with Crippen molar-refractivity contribution in [2.45, 2.75) is 26.3 Å². The van der Waals surface area contributed by atoms with Crippen LogP contribution in [0.25, 0.3) is 10.9 Å². The molecule has 0 bridgehead atoms. The molecule has 2 aromatic heterocycles. The molecule has 0 saturated heterocycles. The van der Waals surface area contributed by atoms with Crippen molar-refractivity contribution in [2.75, 3.05) is 6.54 Å². The Morgan fingerprint density at radius 2 is 2.05 bits per heavy atom. The second-order valence-corrected chi connectivity index (χ2v) is 5.27. The Morgan fingerprint density at radius 1 is 1.19 bits per heavy atom. The molecule has 0 fully saturated rings. The summed E-state index contributed by atoms with van der Waals surface area (Å²) in [5.41, 5.74) is 3.53. The first-order valence-corrected chi connectivity index (χ1v) is 7.39. The van der Waals surface area contributed by atoms with Gasteiger partial charge in [-0.1, -0.05) is 25.1 Å². The van der Waals surface area contributed by atoms with Crippen molar-refractivity contribution in [2.24, 2.45) is 0 Å². The Balaban J connectivity index is 1.97. The van der Waals surface area contributed by atoms with Crippen molar-refractivity contribution >= 4 is 10.9 Å². The van der Waals surface area contributed by atoms with Gasteiger partial charge in [-0.2, -0.15) is 0 Å². The van der Waals surface area contributed by atoms with Gasteiger partial charge in [0.05, 0.1) is 17.8 Å². The van der Waals surface area contributed by atoms with Crippen molar-refractivity contribution < 1.29 is 4.42 Å². The third kappa shape index (κ3) is 2.83. The first-order valence-electron chi connectivity index (χ1n) is 7.39. The number of nitrogens with zero attached hydrogens (tertiary/aromatic N) is 1. The van der Waals surface area contributed by atoms with E-state index in [-0.39, 0.29) is 6.04 Å². The summed E-state index contributed by atoms with van der Waals surface area (Å²) in [5, 5.41) is 4.74. The van der Waals surface area contributed by atoms with E-state index in [1.165, 1.54) is 16.5 Å². The molecule has 0 amide bonds. The van der Waals surface area contributed by atoms with Crippen LogP contribution in [-0.2, 0) is 6.42 Å². The molecule has 0 spiro atoms. The van der Waals surface area contributed by atoms with Crippen LogP contribution < -0.4 is 5.32 Å². The minimum atomic E-state index is 0.191. The molecule has 0 radical (unpaired) electrons. The lowest BCUT2D eigenvalue weighted by Gasteiger charge is -2.17. The first-order chi connectivity index (χ1) is 10.3. The molecule has 1 unspecified atom stereocenters. The van der Waals surface area contributed by atoms with E-state index in [0.29, 0.717) is 0 Å². The zero-order valence-electron chi connectivity index (χ0n) is 12.5. The molecule has 0 aliphatic heterocycles. The largest absolute Gasteiger partial charge is 0.467 e. The Labute approximate surface area is 125 Å². The van der Waals surface area contributed by atoms with Gasteiger partial charge >= 0.3 is 0 Å². The average Bonchev–Trinajstić information content (AvgIpc) is 2.93. The zero-order valence-corrected chi connectivity index (χ0v) is 12.5. The summed E-state index contributed by atoms with van der Waals surface area (Å²) in [6.45, 7) is 5.12. The Kier molecular flexibility index (Phi) is 4.02. The van der Waals surface area contributed by atoms with Crippen LogP contribution >= 0.6 is 0 Å². The fourth-order valence-electron chi connectivity index (χ4n) is 2.80. The fourth-order valence-corrected chi connectivity index (χ4v) is 2.80. The van der Waals surface area contributed by atoms with Crippen molar-refractivity contribution in [1.29, 1.82) is 0 Å². The van der Waals surface area contributed by atoms with Crippen LogP contribution in [0.4, 0.5) is 0 Å². The van der Waals surface area contributed by atoms with E-state index >= 15 is 0 Å². The van der Waals surface area contributed by atoms with E-state index in [4.69, 9.17) is 4.42 Å². The lowest BCUT2D eigenvalue weighted by Crippen LogP contribution is -2.23. The van der Waals surface area contributed by atoms with Crippen LogP contribution in [0.3, 0.4) is 0 Å². The maximum atomic E-state index is 5.69. The normalized spacial score (nSPS) is 12.7. The fraction of sp³-hybridized carbons (Fsp3) is 0.278. The lowest BCUT2D eigenvalue weighted by atomic mass is 9.99. The van der Waals surface area contributed by atoms with Crippen LogP contribution in [0.15, 0.2) is 53.3 Å². The van der Waals surface area contributed by atoms with Gasteiger partial charge in [0.25, 0.3) is 0 Å². The molecule has 3 heteroatoms. The highest BCUT2D eigenvalue weighted by Gasteiger charge is 2.17. The number of likely N-dealkylation sites (N-methyl/N-ethyl adjacent to an activating group) is 1. The number of rotatable bonds is 5. The number of furan rings is 1. The highest BCUT2D eigenvalue weighted by atomic mass is 16.3. The van der Waals surface area contributed by atoms with Gasteiger partial charge in [0.1, 0.15) is 5.76 Å². The monoisotopic (exact) mass is 280 g/mol. The van der Waals surface area contributed by atoms with Crippen LogP contribution in [0.5, 0.6) is 0 Å². The molecular weight excluding hydrogens is 260 g/mol. The van der Waals surface area contributed by atoms with E-state index in [0.717, 1.165) is 24.2 Å². The zero-order chi connectivity index (χ0) is 14.7. The van der Waals surface area contributed by atoms with E-state index in [2.05, 4.69) is 48.4 Å². The average molecular weight is 280 g/mol. The summed E-state index contributed by atoms with van der Waals surface area (Å²) in [5.74, 6) is 1.03. The van der Waals surface area contributed by atoms with E-state index in [1.807, 2.05) is 18.3 Å². The van der Waals surface area contributed by atoms with Crippen LogP contribution in [0, 0.1) is 6.92 Å². The molecule has 1 N–H and O–H groups in total. The smallest absolute Gasteiger partial charge is 0.123 e. The quantitative estimate of drug-likeness (QED) is 0.766. The van der Waals surface area contributed by atoms with E-state index in [1.54, 1.807) is 6.26 Å². The Hall–Kier alpha value is -2.13. The third-order valence-corrected chi connectivity index (χ3v) is 3.83. The number of pyridine rings is 1. The number of aromatic nitrogens is 1. The number of benzene rings is 1. The molecule has 0 aliphatic rings. The second kappa shape index (κ2) is 6.10. The van der Waals surface area contributed by atoms with Gasteiger partial charge in [-0.25, -0.2) is 0 Å². The molecular formula is C18H20N2O. The van der Waals surface area contributed by atoms with E-state index < -0.39 is 0 Å². The van der Waals surface area contributed by atoms with Crippen molar-refractivity contribution in [3.63, 3.8) is 0 Å². The number of aryl methyl sites for hydroxylation is 1. The van der Waals surface area contributed by atoms with Crippen molar-refractivity contribution in [3.8, 4) is 0 Å². The molecule has 0 saturated carbocycles. The van der Waals surface area contributed by atoms with Gasteiger partial charge < -0.3 is 9.73 Å². The van der Waals surface area contributed by atoms with Crippen molar-refractivity contribution in [1.82, 2.24) is 10.3 Å². The molecule has 0 aliphatic carbocycles. The summed E-state index contributed by atoms with van der Waals surface area (Å²) >= 11 is 0. The van der Waals surface area contributed by atoms with Gasteiger partial charge in [0, 0.05) is 11.6 Å². The lowest BCUT2D eigenvalue weighted by molar-refractivity contribution is 0.414. The van der Waals surface area contributed by atoms with Crippen LogP contribution in [0.1, 0.15) is 29.9 Å². The molecule has 2 heterocycles. The maximum Gasteiger partial charge on any atom is 0.123 e. The highest BCUT2D eigenvalue weighted by molar-refractivity contribution is 5.81. The summed E-state index contributed by atoms with van der Waals surface area (Å²) in [6, 6.07) is 12.6. The summed E-state index contributed by atoms with van der Waals surface area (Å²) in [4.78, 5) is 4.43. The van der Waals surface area contributed by atoms with Crippen LogP contribution in [-0.4, -0.2) is 11.5 Å². The minimum absolute atomic E-state index is 0.191. The highest BCUT2D eigenvalue weighted by Crippen LogP contribution is 2.26. The number of hydrogen-bond donors (Lipinski definition) is 1. The van der Waals surface area contributed by atoms with Crippen LogP contribution in [0.2, 0.25) is 0 Å². The SMILES string of the molecule is CCNC(Cc1ccnc2ccccc12)c1occc1C. The topological polar surface area (TPSA) is 38.1 Å². The molecule has 3 nitrogen and oxygen atoms in total. The molecule has 108 valence electrons. The number of para-hydroxylation sites is 1. The predicted molar refractivity (Wildman–Crippen MR) is 85.3 cm³/mol. The van der Waals surface area contributed by atoms with E-state index in [9.17, 15) is 0 Å².